The van der Waals surface area contributed by atoms with Crippen LogP contribution in [0.5, 0.6) is 11.5 Å². The number of rotatable bonds is 5. The maximum absolute atomic E-state index is 11.4. The van der Waals surface area contributed by atoms with Gasteiger partial charge in [-0.2, -0.15) is 0 Å². The fourth-order valence-electron chi connectivity index (χ4n) is 1.99. The van der Waals surface area contributed by atoms with E-state index in [2.05, 4.69) is 15.9 Å². The summed E-state index contributed by atoms with van der Waals surface area (Å²) in [5.74, 6) is -0.446. The molecule has 0 aromatic heterocycles. The molecule has 0 atom stereocenters. The average molecular weight is 351 g/mol. The number of hydrogen-bond donors (Lipinski definition) is 1. The Morgan fingerprint density at radius 2 is 2.05 bits per heavy atom. The van der Waals surface area contributed by atoms with Crippen molar-refractivity contribution in [2.45, 2.75) is 13.5 Å². The molecule has 2 aromatic carbocycles. The van der Waals surface area contributed by atoms with Crippen LogP contribution in [0.3, 0.4) is 0 Å². The monoisotopic (exact) mass is 350 g/mol. The first-order chi connectivity index (χ1) is 10.0. The van der Waals surface area contributed by atoms with E-state index in [1.807, 2.05) is 31.2 Å². The third-order valence-electron chi connectivity index (χ3n) is 2.94. The molecule has 0 aliphatic heterocycles. The zero-order valence-corrected chi connectivity index (χ0v) is 13.3. The van der Waals surface area contributed by atoms with Gasteiger partial charge >= 0.3 is 5.97 Å². The molecule has 0 saturated carbocycles. The Morgan fingerprint density at radius 1 is 1.29 bits per heavy atom. The van der Waals surface area contributed by atoms with Crippen molar-refractivity contribution in [1.29, 1.82) is 0 Å². The van der Waals surface area contributed by atoms with Gasteiger partial charge in [0, 0.05) is 4.47 Å². The maximum atomic E-state index is 11.4. The molecular weight excluding hydrogens is 336 g/mol. The zero-order valence-electron chi connectivity index (χ0n) is 11.7. The first kappa shape index (κ1) is 15.4. The smallest absolute Gasteiger partial charge is 0.339 e. The summed E-state index contributed by atoms with van der Waals surface area (Å²) < 4.78 is 11.5. The third-order valence-corrected chi connectivity index (χ3v) is 3.39. The van der Waals surface area contributed by atoms with Gasteiger partial charge in [0.25, 0.3) is 0 Å². The molecule has 5 heteroatoms. The molecule has 0 radical (unpaired) electrons. The lowest BCUT2D eigenvalue weighted by molar-refractivity contribution is 0.0690. The van der Waals surface area contributed by atoms with Gasteiger partial charge in [0.1, 0.15) is 12.2 Å². The Labute approximate surface area is 131 Å². The number of ether oxygens (including phenoxy) is 2. The van der Waals surface area contributed by atoms with Crippen LogP contribution >= 0.6 is 15.9 Å². The van der Waals surface area contributed by atoms with Gasteiger partial charge in [-0.1, -0.05) is 45.8 Å². The Bertz CT molecular complexity index is 667. The number of aromatic carboxylic acids is 1. The molecule has 4 nitrogen and oxygen atoms in total. The second kappa shape index (κ2) is 6.63. The number of halogens is 1. The molecule has 0 fully saturated rings. The van der Waals surface area contributed by atoms with Crippen molar-refractivity contribution in [3.63, 3.8) is 0 Å². The standard InChI is InChI=1S/C16H15BrO4/c1-10-4-3-5-11(6-10)9-21-15-13(16(18)19)7-12(17)8-14(15)20-2/h3-8H,9H2,1-2H3,(H,18,19). The molecule has 0 spiro atoms. The molecule has 0 aliphatic rings. The van der Waals surface area contributed by atoms with Crippen LogP contribution in [-0.4, -0.2) is 18.2 Å². The summed E-state index contributed by atoms with van der Waals surface area (Å²) in [6, 6.07) is 11.0. The van der Waals surface area contributed by atoms with Crippen LogP contribution in [0.1, 0.15) is 21.5 Å². The first-order valence-corrected chi connectivity index (χ1v) is 7.09. The van der Waals surface area contributed by atoms with Crippen LogP contribution in [0.15, 0.2) is 40.9 Å². The van der Waals surface area contributed by atoms with E-state index >= 15 is 0 Å². The van der Waals surface area contributed by atoms with Gasteiger partial charge in [0.15, 0.2) is 11.5 Å². The molecule has 1 N–H and O–H groups in total. The highest BCUT2D eigenvalue weighted by Crippen LogP contribution is 2.35. The number of hydrogen-bond acceptors (Lipinski definition) is 3. The van der Waals surface area contributed by atoms with Crippen molar-refractivity contribution in [3.8, 4) is 11.5 Å². The van der Waals surface area contributed by atoms with Crippen molar-refractivity contribution < 1.29 is 19.4 Å². The van der Waals surface area contributed by atoms with E-state index in [1.54, 1.807) is 6.07 Å². The minimum Gasteiger partial charge on any atom is -0.493 e. The van der Waals surface area contributed by atoms with Gasteiger partial charge in [-0.15, -0.1) is 0 Å². The van der Waals surface area contributed by atoms with E-state index in [0.29, 0.717) is 10.2 Å². The van der Waals surface area contributed by atoms with Crippen LogP contribution in [-0.2, 0) is 6.61 Å². The van der Waals surface area contributed by atoms with E-state index < -0.39 is 5.97 Å². The maximum Gasteiger partial charge on any atom is 0.339 e. The van der Waals surface area contributed by atoms with Gasteiger partial charge in [-0.05, 0) is 24.6 Å². The summed E-state index contributed by atoms with van der Waals surface area (Å²) in [6.07, 6.45) is 0. The van der Waals surface area contributed by atoms with Crippen LogP contribution in [0.25, 0.3) is 0 Å². The molecule has 0 aliphatic carbocycles. The van der Waals surface area contributed by atoms with E-state index in [9.17, 15) is 9.90 Å². The summed E-state index contributed by atoms with van der Waals surface area (Å²) in [7, 11) is 1.48. The fourth-order valence-corrected chi connectivity index (χ4v) is 2.42. The Balaban J connectivity index is 2.32. The van der Waals surface area contributed by atoms with Crippen LogP contribution in [0.2, 0.25) is 0 Å². The summed E-state index contributed by atoms with van der Waals surface area (Å²) in [4.78, 5) is 11.4. The molecular formula is C16H15BrO4. The van der Waals surface area contributed by atoms with Crippen LogP contribution in [0.4, 0.5) is 0 Å². The Morgan fingerprint density at radius 3 is 2.67 bits per heavy atom. The van der Waals surface area contributed by atoms with Gasteiger partial charge < -0.3 is 14.6 Å². The zero-order chi connectivity index (χ0) is 15.4. The molecule has 0 saturated heterocycles. The number of carbonyl (C=O) groups is 1. The Kier molecular flexibility index (Phi) is 4.85. The molecule has 2 rings (SSSR count). The highest BCUT2D eigenvalue weighted by Gasteiger charge is 2.18. The van der Waals surface area contributed by atoms with E-state index in [-0.39, 0.29) is 17.9 Å². The lowest BCUT2D eigenvalue weighted by atomic mass is 10.1. The second-order valence-electron chi connectivity index (χ2n) is 4.57. The van der Waals surface area contributed by atoms with E-state index in [4.69, 9.17) is 9.47 Å². The lowest BCUT2D eigenvalue weighted by Gasteiger charge is -2.14. The van der Waals surface area contributed by atoms with Crippen molar-refractivity contribution >= 4 is 21.9 Å². The summed E-state index contributed by atoms with van der Waals surface area (Å²) in [5.41, 5.74) is 2.16. The number of aryl methyl sites for hydroxylation is 1. The highest BCUT2D eigenvalue weighted by molar-refractivity contribution is 9.10. The largest absolute Gasteiger partial charge is 0.493 e. The quantitative estimate of drug-likeness (QED) is 0.883. The van der Waals surface area contributed by atoms with Gasteiger partial charge in [-0.25, -0.2) is 4.79 Å². The molecule has 0 bridgehead atoms. The van der Waals surface area contributed by atoms with Crippen molar-refractivity contribution in [3.05, 3.63) is 57.6 Å². The van der Waals surface area contributed by atoms with Gasteiger partial charge in [0.05, 0.1) is 7.11 Å². The van der Waals surface area contributed by atoms with E-state index in [1.165, 1.54) is 13.2 Å². The van der Waals surface area contributed by atoms with E-state index in [0.717, 1.165) is 11.1 Å². The SMILES string of the molecule is COc1cc(Br)cc(C(=O)O)c1OCc1cccc(C)c1. The molecule has 0 unspecified atom stereocenters. The third kappa shape index (κ3) is 3.76. The Hall–Kier alpha value is -2.01. The topological polar surface area (TPSA) is 55.8 Å². The molecule has 2 aromatic rings. The number of carboxylic acid groups (broad SMARTS) is 1. The van der Waals surface area contributed by atoms with Gasteiger partial charge in [-0.3, -0.25) is 0 Å². The first-order valence-electron chi connectivity index (χ1n) is 6.30. The summed E-state index contributed by atoms with van der Waals surface area (Å²) >= 11 is 3.26. The minimum atomic E-state index is -1.06. The predicted molar refractivity (Wildman–Crippen MR) is 83.2 cm³/mol. The van der Waals surface area contributed by atoms with Crippen molar-refractivity contribution in [2.24, 2.45) is 0 Å². The molecule has 21 heavy (non-hydrogen) atoms. The number of benzene rings is 2. The van der Waals surface area contributed by atoms with Crippen molar-refractivity contribution in [2.75, 3.05) is 7.11 Å². The minimum absolute atomic E-state index is 0.0638. The normalized spacial score (nSPS) is 10.2. The van der Waals surface area contributed by atoms with Crippen molar-refractivity contribution in [1.82, 2.24) is 0 Å². The molecule has 0 heterocycles. The average Bonchev–Trinajstić information content (AvgIpc) is 2.45. The number of methoxy groups -OCH3 is 1. The number of carboxylic acids is 1. The summed E-state index contributed by atoms with van der Waals surface area (Å²) in [6.45, 7) is 2.27. The van der Waals surface area contributed by atoms with Crippen LogP contribution < -0.4 is 9.47 Å². The lowest BCUT2D eigenvalue weighted by Crippen LogP contribution is -2.05. The molecule has 110 valence electrons. The van der Waals surface area contributed by atoms with Gasteiger partial charge in [0.2, 0.25) is 0 Å². The highest BCUT2D eigenvalue weighted by atomic mass is 79.9. The fraction of sp³-hybridized carbons (Fsp3) is 0.188. The summed E-state index contributed by atoms with van der Waals surface area (Å²) in [5, 5.41) is 9.29. The molecule has 0 amide bonds. The predicted octanol–water partition coefficient (Wildman–Crippen LogP) is 4.04. The van der Waals surface area contributed by atoms with Crippen LogP contribution in [0, 0.1) is 6.92 Å². The second-order valence-corrected chi connectivity index (χ2v) is 5.48.